The monoisotopic (exact) mass is 343 g/mol. The van der Waals surface area contributed by atoms with Crippen LogP contribution in [0.4, 0.5) is 5.69 Å². The first-order valence-electron chi connectivity index (χ1n) is 5.69. The Morgan fingerprint density at radius 1 is 0.905 bits per heavy atom. The smallest absolute Gasteiger partial charge is 0.337 e. The summed E-state index contributed by atoms with van der Waals surface area (Å²) in [6.45, 7) is 0. The lowest BCUT2D eigenvalue weighted by molar-refractivity contribution is 0.0698. The highest BCUT2D eigenvalue weighted by molar-refractivity contribution is 6.44. The third kappa shape index (κ3) is 3.29. The van der Waals surface area contributed by atoms with Crippen molar-refractivity contribution < 1.29 is 14.7 Å². The zero-order chi connectivity index (χ0) is 15.6. The maximum Gasteiger partial charge on any atom is 0.337 e. The summed E-state index contributed by atoms with van der Waals surface area (Å²) in [6, 6.07) is 8.87. The van der Waals surface area contributed by atoms with Crippen molar-refractivity contribution in [2.24, 2.45) is 0 Å². The van der Waals surface area contributed by atoms with Crippen molar-refractivity contribution in [3.8, 4) is 0 Å². The van der Waals surface area contributed by atoms with Gasteiger partial charge in [-0.05, 0) is 24.3 Å². The summed E-state index contributed by atoms with van der Waals surface area (Å²) in [7, 11) is 0. The minimum Gasteiger partial charge on any atom is -0.478 e. The van der Waals surface area contributed by atoms with Gasteiger partial charge in [-0.3, -0.25) is 4.79 Å². The number of anilines is 1. The molecule has 0 aliphatic rings. The quantitative estimate of drug-likeness (QED) is 0.855. The number of carboxylic acid groups (broad SMARTS) is 1. The fourth-order valence-electron chi connectivity index (χ4n) is 1.69. The third-order valence-corrected chi connectivity index (χ3v) is 3.81. The van der Waals surface area contributed by atoms with Gasteiger partial charge < -0.3 is 10.4 Å². The van der Waals surface area contributed by atoms with E-state index in [4.69, 9.17) is 39.9 Å². The van der Waals surface area contributed by atoms with Crippen LogP contribution in [0.25, 0.3) is 0 Å². The molecule has 0 spiro atoms. The highest BCUT2D eigenvalue weighted by Gasteiger charge is 2.18. The minimum absolute atomic E-state index is 0.00714. The highest BCUT2D eigenvalue weighted by Crippen LogP contribution is 2.29. The molecule has 7 heteroatoms. The van der Waals surface area contributed by atoms with E-state index >= 15 is 0 Å². The maximum atomic E-state index is 12.2. The van der Waals surface area contributed by atoms with Crippen LogP contribution in [0.1, 0.15) is 20.7 Å². The zero-order valence-corrected chi connectivity index (χ0v) is 12.6. The summed E-state index contributed by atoms with van der Waals surface area (Å²) in [5.74, 6) is -1.80. The molecule has 0 fully saturated rings. The number of carbonyl (C=O) groups is 2. The number of benzene rings is 2. The van der Waals surface area contributed by atoms with Gasteiger partial charge in [0, 0.05) is 0 Å². The van der Waals surface area contributed by atoms with Gasteiger partial charge in [-0.2, -0.15) is 0 Å². The molecule has 0 unspecified atom stereocenters. The van der Waals surface area contributed by atoms with Gasteiger partial charge >= 0.3 is 5.97 Å². The van der Waals surface area contributed by atoms with Crippen LogP contribution in [0.15, 0.2) is 36.4 Å². The second kappa shape index (κ2) is 6.35. The average Bonchev–Trinajstić information content (AvgIpc) is 2.43. The Kier molecular flexibility index (Phi) is 4.73. The molecule has 0 radical (unpaired) electrons. The summed E-state index contributed by atoms with van der Waals surface area (Å²) in [4.78, 5) is 23.4. The number of carboxylic acids is 1. The van der Waals surface area contributed by atoms with Crippen molar-refractivity contribution in [2.45, 2.75) is 0 Å². The number of hydrogen-bond donors (Lipinski definition) is 2. The van der Waals surface area contributed by atoms with Crippen LogP contribution in [0.2, 0.25) is 15.1 Å². The number of amides is 1. The molecule has 2 N–H and O–H groups in total. The van der Waals surface area contributed by atoms with Crippen molar-refractivity contribution >= 4 is 52.4 Å². The number of para-hydroxylation sites is 1. The first-order chi connectivity index (χ1) is 9.91. The Labute approximate surface area is 135 Å². The summed E-state index contributed by atoms with van der Waals surface area (Å²) in [5, 5.41) is 12.0. The number of halogens is 3. The van der Waals surface area contributed by atoms with E-state index in [0.29, 0.717) is 0 Å². The molecule has 4 nitrogen and oxygen atoms in total. The fourth-order valence-corrected chi connectivity index (χ4v) is 2.30. The lowest BCUT2D eigenvalue weighted by atomic mass is 10.1. The van der Waals surface area contributed by atoms with E-state index in [-0.39, 0.29) is 31.9 Å². The minimum atomic E-state index is -1.20. The second-order valence-electron chi connectivity index (χ2n) is 4.02. The molecule has 0 saturated carbocycles. The van der Waals surface area contributed by atoms with E-state index in [1.54, 1.807) is 12.1 Å². The maximum absolute atomic E-state index is 12.2. The first kappa shape index (κ1) is 15.6. The Morgan fingerprint density at radius 3 is 2.10 bits per heavy atom. The van der Waals surface area contributed by atoms with Crippen LogP contribution < -0.4 is 5.32 Å². The molecule has 108 valence electrons. The van der Waals surface area contributed by atoms with E-state index in [2.05, 4.69) is 5.32 Å². The molecule has 0 aromatic heterocycles. The van der Waals surface area contributed by atoms with E-state index in [0.717, 1.165) is 0 Å². The molecule has 0 aliphatic carbocycles. The van der Waals surface area contributed by atoms with Crippen molar-refractivity contribution in [1.82, 2.24) is 0 Å². The van der Waals surface area contributed by atoms with Crippen molar-refractivity contribution in [2.75, 3.05) is 5.32 Å². The SMILES string of the molecule is O=C(Nc1c(Cl)cccc1C(=O)O)c1cccc(Cl)c1Cl. The molecule has 2 aromatic carbocycles. The topological polar surface area (TPSA) is 66.4 Å². The fraction of sp³-hybridized carbons (Fsp3) is 0. The highest BCUT2D eigenvalue weighted by atomic mass is 35.5. The van der Waals surface area contributed by atoms with Crippen LogP contribution in [0, 0.1) is 0 Å². The summed E-state index contributed by atoms with van der Waals surface area (Å²) in [5.41, 5.74) is 0.0159. The molecular formula is C14H8Cl3NO3. The normalized spacial score (nSPS) is 10.2. The van der Waals surface area contributed by atoms with Gasteiger partial charge in [0.2, 0.25) is 0 Å². The van der Waals surface area contributed by atoms with Crippen LogP contribution >= 0.6 is 34.8 Å². The summed E-state index contributed by atoms with van der Waals surface area (Å²) in [6.07, 6.45) is 0. The van der Waals surface area contributed by atoms with Gasteiger partial charge in [0.1, 0.15) is 0 Å². The molecule has 21 heavy (non-hydrogen) atoms. The Bertz CT molecular complexity index is 731. The second-order valence-corrected chi connectivity index (χ2v) is 5.22. The molecule has 0 heterocycles. The predicted octanol–water partition coefficient (Wildman–Crippen LogP) is 4.60. The molecule has 2 rings (SSSR count). The standard InChI is InChI=1S/C14H8Cl3NO3/c15-9-5-1-3-7(11(9)17)13(19)18-12-8(14(20)21)4-2-6-10(12)16/h1-6H,(H,18,19)(H,20,21). The average molecular weight is 345 g/mol. The summed E-state index contributed by atoms with van der Waals surface area (Å²) >= 11 is 17.7. The number of hydrogen-bond acceptors (Lipinski definition) is 2. The molecule has 1 amide bonds. The van der Waals surface area contributed by atoms with Gasteiger partial charge in [0.25, 0.3) is 5.91 Å². The van der Waals surface area contributed by atoms with Crippen molar-refractivity contribution in [1.29, 1.82) is 0 Å². The predicted molar refractivity (Wildman–Crippen MR) is 82.8 cm³/mol. The van der Waals surface area contributed by atoms with Crippen LogP contribution in [-0.4, -0.2) is 17.0 Å². The van der Waals surface area contributed by atoms with Gasteiger partial charge in [-0.1, -0.05) is 46.9 Å². The molecule has 0 saturated heterocycles. The van der Waals surface area contributed by atoms with Crippen molar-refractivity contribution in [3.05, 3.63) is 62.6 Å². The van der Waals surface area contributed by atoms with Crippen LogP contribution in [0.3, 0.4) is 0 Å². The number of aromatic carboxylic acids is 1. The van der Waals surface area contributed by atoms with Crippen molar-refractivity contribution in [3.63, 3.8) is 0 Å². The lowest BCUT2D eigenvalue weighted by Crippen LogP contribution is -2.15. The van der Waals surface area contributed by atoms with E-state index < -0.39 is 11.9 Å². The van der Waals surface area contributed by atoms with Crippen LogP contribution in [0.5, 0.6) is 0 Å². The van der Waals surface area contributed by atoms with Gasteiger partial charge in [0.05, 0.1) is 31.9 Å². The Balaban J connectivity index is 2.41. The molecule has 2 aromatic rings. The number of rotatable bonds is 3. The molecular weight excluding hydrogens is 337 g/mol. The van der Waals surface area contributed by atoms with Gasteiger partial charge in [-0.25, -0.2) is 4.79 Å². The molecule has 0 aliphatic heterocycles. The van der Waals surface area contributed by atoms with Gasteiger partial charge in [-0.15, -0.1) is 0 Å². The van der Waals surface area contributed by atoms with Crippen LogP contribution in [-0.2, 0) is 0 Å². The zero-order valence-electron chi connectivity index (χ0n) is 10.4. The molecule has 0 bridgehead atoms. The Morgan fingerprint density at radius 2 is 1.48 bits per heavy atom. The van der Waals surface area contributed by atoms with E-state index in [1.165, 1.54) is 24.3 Å². The summed E-state index contributed by atoms with van der Waals surface area (Å²) < 4.78 is 0. The third-order valence-electron chi connectivity index (χ3n) is 2.68. The number of carbonyl (C=O) groups excluding carboxylic acids is 1. The number of nitrogens with one attached hydrogen (secondary N) is 1. The Hall–Kier alpha value is -1.75. The van der Waals surface area contributed by atoms with E-state index in [1.807, 2.05) is 0 Å². The first-order valence-corrected chi connectivity index (χ1v) is 6.82. The van der Waals surface area contributed by atoms with E-state index in [9.17, 15) is 9.59 Å². The lowest BCUT2D eigenvalue weighted by Gasteiger charge is -2.11. The molecule has 0 atom stereocenters. The van der Waals surface area contributed by atoms with Gasteiger partial charge in [0.15, 0.2) is 0 Å². The largest absolute Gasteiger partial charge is 0.478 e.